The SMILES string of the molecule is CC(=O)O.Cc1ccc(CCNC(=O)OC(C)(C)C)cc1. The Morgan fingerprint density at radius 1 is 1.19 bits per heavy atom. The van der Waals surface area contributed by atoms with Gasteiger partial charge >= 0.3 is 6.09 Å². The Balaban J connectivity index is 0.000000885. The molecule has 0 aromatic heterocycles. The van der Waals surface area contributed by atoms with E-state index >= 15 is 0 Å². The van der Waals surface area contributed by atoms with Crippen molar-refractivity contribution in [2.24, 2.45) is 0 Å². The number of aryl methyl sites for hydroxylation is 1. The van der Waals surface area contributed by atoms with Gasteiger partial charge in [0, 0.05) is 13.5 Å². The summed E-state index contributed by atoms with van der Waals surface area (Å²) >= 11 is 0. The monoisotopic (exact) mass is 295 g/mol. The number of hydrogen-bond donors (Lipinski definition) is 2. The molecule has 0 heterocycles. The number of carbonyl (C=O) groups is 2. The van der Waals surface area contributed by atoms with Crippen molar-refractivity contribution in [2.75, 3.05) is 6.54 Å². The Morgan fingerprint density at radius 2 is 1.67 bits per heavy atom. The van der Waals surface area contributed by atoms with E-state index in [1.165, 1.54) is 11.1 Å². The topological polar surface area (TPSA) is 75.6 Å². The first-order valence-corrected chi connectivity index (χ1v) is 6.82. The van der Waals surface area contributed by atoms with Crippen LogP contribution in [0.5, 0.6) is 0 Å². The fourth-order valence-corrected chi connectivity index (χ4v) is 1.38. The highest BCUT2D eigenvalue weighted by Crippen LogP contribution is 2.07. The molecule has 1 aromatic rings. The first kappa shape index (κ1) is 19.0. The minimum absolute atomic E-state index is 0.357. The molecule has 0 aliphatic rings. The Hall–Kier alpha value is -2.04. The van der Waals surface area contributed by atoms with E-state index in [2.05, 4.69) is 36.5 Å². The van der Waals surface area contributed by atoms with Crippen LogP contribution < -0.4 is 5.32 Å². The maximum atomic E-state index is 11.4. The molecule has 0 radical (unpaired) electrons. The van der Waals surface area contributed by atoms with Gasteiger partial charge in [0.1, 0.15) is 5.60 Å². The van der Waals surface area contributed by atoms with Gasteiger partial charge in [0.05, 0.1) is 0 Å². The van der Waals surface area contributed by atoms with Crippen LogP contribution in [0.2, 0.25) is 0 Å². The van der Waals surface area contributed by atoms with Crippen LogP contribution in [-0.4, -0.2) is 29.3 Å². The first-order chi connectivity index (χ1) is 9.60. The zero-order valence-corrected chi connectivity index (χ0v) is 13.4. The summed E-state index contributed by atoms with van der Waals surface area (Å²) in [4.78, 5) is 20.4. The van der Waals surface area contributed by atoms with Gasteiger partial charge < -0.3 is 15.2 Å². The van der Waals surface area contributed by atoms with Gasteiger partial charge in [0.25, 0.3) is 5.97 Å². The quantitative estimate of drug-likeness (QED) is 0.898. The highest BCUT2D eigenvalue weighted by atomic mass is 16.6. The number of amides is 1. The number of nitrogens with one attached hydrogen (secondary N) is 1. The van der Waals surface area contributed by atoms with Crippen LogP contribution in [-0.2, 0) is 16.0 Å². The molecule has 118 valence electrons. The second-order valence-corrected chi connectivity index (χ2v) is 5.68. The van der Waals surface area contributed by atoms with E-state index in [1.807, 2.05) is 20.8 Å². The number of carboxylic acid groups (broad SMARTS) is 1. The van der Waals surface area contributed by atoms with E-state index in [9.17, 15) is 4.79 Å². The van der Waals surface area contributed by atoms with Crippen molar-refractivity contribution < 1.29 is 19.4 Å². The van der Waals surface area contributed by atoms with E-state index in [-0.39, 0.29) is 6.09 Å². The summed E-state index contributed by atoms with van der Waals surface area (Å²) in [7, 11) is 0. The van der Waals surface area contributed by atoms with Crippen LogP contribution in [0, 0.1) is 6.92 Å². The summed E-state index contributed by atoms with van der Waals surface area (Å²) in [5.74, 6) is -0.833. The number of alkyl carbamates (subject to hydrolysis) is 1. The van der Waals surface area contributed by atoms with Crippen molar-refractivity contribution >= 4 is 12.1 Å². The molecular formula is C16H25NO4. The largest absolute Gasteiger partial charge is 0.481 e. The van der Waals surface area contributed by atoms with Crippen molar-refractivity contribution in [2.45, 2.75) is 46.6 Å². The molecule has 0 saturated carbocycles. The number of carboxylic acids is 1. The zero-order valence-electron chi connectivity index (χ0n) is 13.4. The minimum atomic E-state index is -0.833. The Kier molecular flexibility index (Phi) is 8.12. The Bertz CT molecular complexity index is 442. The molecule has 0 bridgehead atoms. The minimum Gasteiger partial charge on any atom is -0.481 e. The van der Waals surface area contributed by atoms with Crippen molar-refractivity contribution in [3.05, 3.63) is 35.4 Å². The molecule has 5 nitrogen and oxygen atoms in total. The molecule has 0 aliphatic carbocycles. The third-order valence-electron chi connectivity index (χ3n) is 2.20. The van der Waals surface area contributed by atoms with Crippen LogP contribution >= 0.6 is 0 Å². The lowest BCUT2D eigenvalue weighted by Crippen LogP contribution is -2.33. The van der Waals surface area contributed by atoms with E-state index in [4.69, 9.17) is 14.6 Å². The van der Waals surface area contributed by atoms with Gasteiger partial charge in [-0.15, -0.1) is 0 Å². The molecule has 0 unspecified atom stereocenters. The van der Waals surface area contributed by atoms with Crippen molar-refractivity contribution in [1.29, 1.82) is 0 Å². The molecule has 1 rings (SSSR count). The number of benzene rings is 1. The second-order valence-electron chi connectivity index (χ2n) is 5.68. The predicted octanol–water partition coefficient (Wildman–Crippen LogP) is 3.15. The Morgan fingerprint density at radius 3 is 2.10 bits per heavy atom. The lowest BCUT2D eigenvalue weighted by atomic mass is 10.1. The van der Waals surface area contributed by atoms with Gasteiger partial charge in [-0.25, -0.2) is 4.79 Å². The van der Waals surface area contributed by atoms with Crippen molar-refractivity contribution in [1.82, 2.24) is 5.32 Å². The van der Waals surface area contributed by atoms with Gasteiger partial charge in [-0.3, -0.25) is 4.79 Å². The smallest absolute Gasteiger partial charge is 0.407 e. The van der Waals surface area contributed by atoms with Crippen molar-refractivity contribution in [3.63, 3.8) is 0 Å². The van der Waals surface area contributed by atoms with E-state index < -0.39 is 11.6 Å². The molecule has 0 saturated heterocycles. The standard InChI is InChI=1S/C14H21NO2.C2H4O2/c1-11-5-7-12(8-6-11)9-10-15-13(16)17-14(2,3)4;1-2(3)4/h5-8H,9-10H2,1-4H3,(H,15,16);1H3,(H,3,4). The van der Waals surface area contributed by atoms with Gasteiger partial charge in [-0.05, 0) is 39.7 Å². The van der Waals surface area contributed by atoms with Gasteiger partial charge in [0.2, 0.25) is 0 Å². The summed E-state index contributed by atoms with van der Waals surface area (Å²) < 4.78 is 5.14. The Labute approximate surface area is 126 Å². The van der Waals surface area contributed by atoms with E-state index in [1.54, 1.807) is 0 Å². The first-order valence-electron chi connectivity index (χ1n) is 6.82. The predicted molar refractivity (Wildman–Crippen MR) is 82.4 cm³/mol. The molecule has 0 atom stereocenters. The fraction of sp³-hybridized carbons (Fsp3) is 0.500. The second kappa shape index (κ2) is 9.00. The van der Waals surface area contributed by atoms with Gasteiger partial charge in [-0.1, -0.05) is 29.8 Å². The maximum Gasteiger partial charge on any atom is 0.407 e. The summed E-state index contributed by atoms with van der Waals surface area (Å²) in [5.41, 5.74) is 2.02. The lowest BCUT2D eigenvalue weighted by Gasteiger charge is -2.19. The van der Waals surface area contributed by atoms with Crippen LogP contribution in [0.4, 0.5) is 4.79 Å². The molecule has 0 aliphatic heterocycles. The normalized spacial score (nSPS) is 10.1. The summed E-state index contributed by atoms with van der Waals surface area (Å²) in [6, 6.07) is 8.30. The molecule has 1 amide bonds. The average Bonchev–Trinajstić information content (AvgIpc) is 2.28. The molecule has 1 aromatic carbocycles. The van der Waals surface area contributed by atoms with Crippen LogP contribution in [0.3, 0.4) is 0 Å². The van der Waals surface area contributed by atoms with E-state index in [0.717, 1.165) is 13.3 Å². The van der Waals surface area contributed by atoms with Gasteiger partial charge in [0.15, 0.2) is 0 Å². The van der Waals surface area contributed by atoms with E-state index in [0.29, 0.717) is 6.54 Å². The lowest BCUT2D eigenvalue weighted by molar-refractivity contribution is -0.134. The van der Waals surface area contributed by atoms with Crippen LogP contribution in [0.25, 0.3) is 0 Å². The molecule has 0 fully saturated rings. The molecule has 0 spiro atoms. The number of hydrogen-bond acceptors (Lipinski definition) is 3. The van der Waals surface area contributed by atoms with Crippen LogP contribution in [0.15, 0.2) is 24.3 Å². The number of carbonyl (C=O) groups excluding carboxylic acids is 1. The molecular weight excluding hydrogens is 270 g/mol. The maximum absolute atomic E-state index is 11.4. The summed E-state index contributed by atoms with van der Waals surface area (Å²) in [5, 5.41) is 10.2. The average molecular weight is 295 g/mol. The summed E-state index contributed by atoms with van der Waals surface area (Å²) in [6.07, 6.45) is 0.462. The third kappa shape index (κ3) is 12.7. The van der Waals surface area contributed by atoms with Crippen molar-refractivity contribution in [3.8, 4) is 0 Å². The molecule has 21 heavy (non-hydrogen) atoms. The third-order valence-corrected chi connectivity index (χ3v) is 2.20. The zero-order chi connectivity index (χ0) is 16.5. The number of aliphatic carboxylic acids is 1. The highest BCUT2D eigenvalue weighted by molar-refractivity contribution is 5.67. The number of rotatable bonds is 3. The summed E-state index contributed by atoms with van der Waals surface area (Å²) in [6.45, 7) is 9.30. The molecule has 2 N–H and O–H groups in total. The van der Waals surface area contributed by atoms with Gasteiger partial charge in [-0.2, -0.15) is 0 Å². The molecule has 5 heteroatoms. The van der Waals surface area contributed by atoms with Crippen LogP contribution in [0.1, 0.15) is 38.8 Å². The highest BCUT2D eigenvalue weighted by Gasteiger charge is 2.15. The fourth-order valence-electron chi connectivity index (χ4n) is 1.38. The number of ether oxygens (including phenoxy) is 1.